The lowest BCUT2D eigenvalue weighted by Crippen LogP contribution is -2.41. The van der Waals surface area contributed by atoms with Crippen molar-refractivity contribution in [3.63, 3.8) is 0 Å². The van der Waals surface area contributed by atoms with E-state index in [9.17, 15) is 24.6 Å². The average molecular weight is 434 g/mol. The minimum absolute atomic E-state index is 0.00193. The molecule has 166 valence electrons. The number of hydrogen-bond acceptors (Lipinski definition) is 12. The molecule has 0 radical (unpaired) electrons. The molecule has 14 heteroatoms. The highest BCUT2D eigenvalue weighted by molar-refractivity contribution is 5.74. The van der Waals surface area contributed by atoms with Crippen LogP contribution in [0.3, 0.4) is 0 Å². The van der Waals surface area contributed by atoms with Gasteiger partial charge in [-0.3, -0.25) is 23.9 Å². The van der Waals surface area contributed by atoms with Gasteiger partial charge >= 0.3 is 0 Å². The van der Waals surface area contributed by atoms with Crippen LogP contribution in [0.2, 0.25) is 0 Å². The van der Waals surface area contributed by atoms with Crippen LogP contribution in [-0.2, 0) is 4.74 Å². The molecule has 0 spiro atoms. The van der Waals surface area contributed by atoms with E-state index in [0.717, 1.165) is 0 Å². The van der Waals surface area contributed by atoms with Crippen LogP contribution in [0.4, 0.5) is 17.3 Å². The number of aliphatic hydroxyl groups is 2. The third kappa shape index (κ3) is 3.54. The molecule has 4 rings (SSSR count). The van der Waals surface area contributed by atoms with E-state index < -0.39 is 41.0 Å². The first-order valence-corrected chi connectivity index (χ1v) is 9.53. The van der Waals surface area contributed by atoms with E-state index in [1.165, 1.54) is 10.9 Å². The van der Waals surface area contributed by atoms with Crippen molar-refractivity contribution in [2.45, 2.75) is 24.5 Å². The summed E-state index contributed by atoms with van der Waals surface area (Å²) >= 11 is 0. The monoisotopic (exact) mass is 434 g/mol. The molecule has 3 aromatic rings. The molecular weight excluding hydrogens is 412 g/mol. The summed E-state index contributed by atoms with van der Waals surface area (Å²) in [6, 6.07) is 0. The summed E-state index contributed by atoms with van der Waals surface area (Å²) in [5.41, 5.74) is 4.10. The highest BCUT2D eigenvalue weighted by atomic mass is 16.6. The van der Waals surface area contributed by atoms with E-state index >= 15 is 0 Å². The van der Waals surface area contributed by atoms with Gasteiger partial charge < -0.3 is 36.6 Å². The van der Waals surface area contributed by atoms with Gasteiger partial charge in [-0.15, -0.1) is 0 Å². The van der Waals surface area contributed by atoms with Gasteiger partial charge in [-0.1, -0.05) is 0 Å². The number of ether oxygens (including phenoxy) is 1. The molecule has 1 aliphatic heterocycles. The number of H-pyrrole nitrogens is 1. The molecule has 0 aliphatic carbocycles. The number of likely N-dealkylation sites (N-methyl/N-ethyl adjacent to an activating group) is 1. The topological polar surface area (TPSA) is 210 Å². The van der Waals surface area contributed by atoms with E-state index in [-0.39, 0.29) is 35.0 Å². The molecule has 14 nitrogen and oxygen atoms in total. The van der Waals surface area contributed by atoms with Crippen molar-refractivity contribution in [1.82, 2.24) is 24.8 Å². The van der Waals surface area contributed by atoms with Crippen LogP contribution >= 0.6 is 0 Å². The van der Waals surface area contributed by atoms with Crippen LogP contribution in [-0.4, -0.2) is 74.7 Å². The molecule has 1 aliphatic rings. The van der Waals surface area contributed by atoms with Crippen LogP contribution in [0.5, 0.6) is 0 Å². The number of nitrogens with zero attached hydrogens (tertiary/aromatic N) is 3. The Balaban J connectivity index is 1.50. The number of aliphatic hydroxyl groups excluding tert-OH is 2. The van der Waals surface area contributed by atoms with Crippen molar-refractivity contribution in [2.24, 2.45) is 0 Å². The number of anilines is 3. The SMILES string of the molecule is CNCCNc1c(NC[C@H]2O[C@@H](n3cnc4c(=O)[nH]c(N)nc43)C(O)C2O)c(=O)c1=O. The molecule has 4 atom stereocenters. The molecule has 2 unspecified atom stereocenters. The minimum atomic E-state index is -1.37. The molecule has 0 bridgehead atoms. The predicted octanol–water partition coefficient (Wildman–Crippen LogP) is -3.34. The lowest BCUT2D eigenvalue weighted by Gasteiger charge is -2.19. The summed E-state index contributed by atoms with van der Waals surface area (Å²) < 4.78 is 7.05. The Morgan fingerprint density at radius 1 is 1.16 bits per heavy atom. The minimum Gasteiger partial charge on any atom is -0.387 e. The zero-order chi connectivity index (χ0) is 22.3. The van der Waals surface area contributed by atoms with Crippen LogP contribution in [0, 0.1) is 0 Å². The first-order valence-electron chi connectivity index (χ1n) is 9.53. The molecule has 0 amide bonds. The maximum atomic E-state index is 11.9. The first kappa shape index (κ1) is 20.9. The fraction of sp³-hybridized carbons (Fsp3) is 0.471. The van der Waals surface area contributed by atoms with Gasteiger partial charge in [0.15, 0.2) is 17.4 Å². The van der Waals surface area contributed by atoms with Crippen LogP contribution < -0.4 is 38.1 Å². The Kier molecular flexibility index (Phi) is 5.45. The largest absolute Gasteiger partial charge is 0.387 e. The van der Waals surface area contributed by atoms with E-state index in [1.807, 2.05) is 0 Å². The van der Waals surface area contributed by atoms with E-state index in [0.29, 0.717) is 13.1 Å². The molecule has 1 fully saturated rings. The summed E-state index contributed by atoms with van der Waals surface area (Å²) in [6.07, 6.45) is -3.45. The molecule has 3 heterocycles. The van der Waals surface area contributed by atoms with Gasteiger partial charge in [0, 0.05) is 19.6 Å². The smallest absolute Gasteiger partial charge is 0.280 e. The van der Waals surface area contributed by atoms with E-state index in [1.54, 1.807) is 7.05 Å². The summed E-state index contributed by atoms with van der Waals surface area (Å²) in [6.45, 7) is 0.988. The number of nitrogen functional groups attached to an aromatic ring is 1. The number of nitrogens with one attached hydrogen (secondary N) is 4. The molecular formula is C17H22N8O6. The molecule has 0 saturated carbocycles. The number of hydrogen-bond donors (Lipinski definition) is 7. The lowest BCUT2D eigenvalue weighted by atomic mass is 10.1. The molecule has 1 saturated heterocycles. The second kappa shape index (κ2) is 8.07. The van der Waals surface area contributed by atoms with Gasteiger partial charge in [-0.2, -0.15) is 4.98 Å². The van der Waals surface area contributed by atoms with Gasteiger partial charge in [0.1, 0.15) is 29.7 Å². The average Bonchev–Trinajstić information content (AvgIpc) is 3.28. The van der Waals surface area contributed by atoms with Crippen molar-refractivity contribution in [3.05, 3.63) is 37.1 Å². The summed E-state index contributed by atoms with van der Waals surface area (Å²) in [4.78, 5) is 45.9. The number of aromatic amines is 1. The van der Waals surface area contributed by atoms with Crippen molar-refractivity contribution in [2.75, 3.05) is 43.0 Å². The number of rotatable bonds is 8. The second-order valence-corrected chi connectivity index (χ2v) is 7.14. The zero-order valence-corrected chi connectivity index (χ0v) is 16.5. The molecule has 8 N–H and O–H groups in total. The summed E-state index contributed by atoms with van der Waals surface area (Å²) in [5.74, 6) is -0.135. The lowest BCUT2D eigenvalue weighted by molar-refractivity contribution is -0.0312. The van der Waals surface area contributed by atoms with Gasteiger partial charge in [0.2, 0.25) is 5.95 Å². The number of aromatic nitrogens is 4. The number of nitrogens with two attached hydrogens (primary N) is 1. The van der Waals surface area contributed by atoms with Crippen LogP contribution in [0.25, 0.3) is 11.2 Å². The Morgan fingerprint density at radius 2 is 1.87 bits per heavy atom. The molecule has 31 heavy (non-hydrogen) atoms. The maximum Gasteiger partial charge on any atom is 0.280 e. The van der Waals surface area contributed by atoms with E-state index in [4.69, 9.17) is 10.5 Å². The molecule has 2 aromatic heterocycles. The fourth-order valence-electron chi connectivity index (χ4n) is 3.50. The number of fused-ring (bicyclic) bond motifs is 1. The Morgan fingerprint density at radius 3 is 2.58 bits per heavy atom. The van der Waals surface area contributed by atoms with Crippen molar-refractivity contribution in [3.8, 4) is 0 Å². The van der Waals surface area contributed by atoms with Crippen LogP contribution in [0.15, 0.2) is 20.7 Å². The first-order chi connectivity index (χ1) is 14.8. The highest BCUT2D eigenvalue weighted by Gasteiger charge is 2.44. The predicted molar refractivity (Wildman–Crippen MR) is 111 cm³/mol. The van der Waals surface area contributed by atoms with Crippen molar-refractivity contribution >= 4 is 28.5 Å². The van der Waals surface area contributed by atoms with Gasteiger partial charge in [0.25, 0.3) is 16.4 Å². The number of imidazole rings is 1. The van der Waals surface area contributed by atoms with Crippen molar-refractivity contribution in [1.29, 1.82) is 0 Å². The standard InChI is InChI=1S/C17H22N8O6/c1-19-2-3-20-7-8(12(28)11(7)27)21-4-6-10(26)13(29)16(31-6)25-5-22-9-14(25)23-17(18)24-15(9)30/h5-6,10,13,16,19-21,26,29H,2-4H2,1H3,(H3,18,23,24,30)/t6-,10?,13?,16-/m1/s1. The summed E-state index contributed by atoms with van der Waals surface area (Å²) in [7, 11) is 1.76. The normalized spacial score (nSPS) is 23.6. The summed E-state index contributed by atoms with van der Waals surface area (Å²) in [5, 5.41) is 29.5. The quantitative estimate of drug-likeness (QED) is 0.137. The zero-order valence-electron chi connectivity index (χ0n) is 16.5. The highest BCUT2D eigenvalue weighted by Crippen LogP contribution is 2.31. The van der Waals surface area contributed by atoms with E-state index in [2.05, 4.69) is 30.9 Å². The Hall–Kier alpha value is -3.33. The fourth-order valence-corrected chi connectivity index (χ4v) is 3.50. The molecule has 1 aromatic carbocycles. The van der Waals surface area contributed by atoms with Gasteiger partial charge in [-0.25, -0.2) is 4.98 Å². The third-order valence-electron chi connectivity index (χ3n) is 5.13. The van der Waals surface area contributed by atoms with Crippen molar-refractivity contribution < 1.29 is 14.9 Å². The Labute approximate surface area is 173 Å². The van der Waals surface area contributed by atoms with Gasteiger partial charge in [0.05, 0.1) is 6.33 Å². The second-order valence-electron chi connectivity index (χ2n) is 7.14. The third-order valence-corrected chi connectivity index (χ3v) is 5.13. The maximum absolute atomic E-state index is 11.9. The van der Waals surface area contributed by atoms with Gasteiger partial charge in [-0.05, 0) is 7.05 Å². The van der Waals surface area contributed by atoms with Crippen LogP contribution in [0.1, 0.15) is 6.23 Å². The Bertz CT molecular complexity index is 1230.